The molecule has 4 heterocycles. The number of carbonyl (C=O) groups excluding carboxylic acids is 1. The van der Waals surface area contributed by atoms with Gasteiger partial charge in [-0.3, -0.25) is 9.05 Å². The number of nitriles is 1. The molecule has 1 N–H and O–H groups in total. The molecule has 5 atom stereocenters. The Bertz CT molecular complexity index is 1160. The van der Waals surface area contributed by atoms with E-state index in [0.717, 1.165) is 0 Å². The summed E-state index contributed by atoms with van der Waals surface area (Å²) in [6.45, 7) is 5.15. The fourth-order valence-electron chi connectivity index (χ4n) is 3.72. The standard InChI is InChI=1S/C18H22N5O9P/c1-10(2)30-16(24)27-9-29-33(26)28-6-12-14(32-33)17(4,25)18(7-19,31-12)13-5-20-15-11(3)21-8-22-23(13)15/h5,8,10,12,14,25H,6,9H2,1-4H3/t12-,14-,17-,18+,33?/m1/s1. The van der Waals surface area contributed by atoms with Gasteiger partial charge in [0.1, 0.15) is 35.9 Å². The van der Waals surface area contributed by atoms with Gasteiger partial charge in [0.2, 0.25) is 12.4 Å². The van der Waals surface area contributed by atoms with E-state index in [2.05, 4.69) is 19.8 Å². The summed E-state index contributed by atoms with van der Waals surface area (Å²) >= 11 is 0. The Balaban J connectivity index is 1.58. The highest BCUT2D eigenvalue weighted by Crippen LogP contribution is 2.60. The second-order valence-corrected chi connectivity index (χ2v) is 9.52. The first-order valence-corrected chi connectivity index (χ1v) is 11.4. The van der Waals surface area contributed by atoms with Crippen LogP contribution in [0, 0.1) is 18.3 Å². The van der Waals surface area contributed by atoms with Gasteiger partial charge in [-0.25, -0.2) is 28.4 Å². The van der Waals surface area contributed by atoms with Gasteiger partial charge < -0.3 is 19.3 Å². The van der Waals surface area contributed by atoms with Gasteiger partial charge in [-0.1, -0.05) is 0 Å². The van der Waals surface area contributed by atoms with Crippen LogP contribution in [-0.4, -0.2) is 68.2 Å². The first-order chi connectivity index (χ1) is 15.5. The number of imidazole rings is 1. The van der Waals surface area contributed by atoms with E-state index in [1.807, 2.05) is 6.07 Å². The van der Waals surface area contributed by atoms with Crippen molar-refractivity contribution in [2.75, 3.05) is 13.4 Å². The van der Waals surface area contributed by atoms with Crippen molar-refractivity contribution in [1.82, 2.24) is 19.6 Å². The second-order valence-electron chi connectivity index (χ2n) is 7.90. The fraction of sp³-hybridized carbons (Fsp3) is 0.611. The number of phosphoric acid groups is 1. The Kier molecular flexibility index (Phi) is 5.90. The average Bonchev–Trinajstić information content (AvgIpc) is 3.26. The second kappa shape index (κ2) is 8.28. The van der Waals surface area contributed by atoms with Crippen molar-refractivity contribution in [2.24, 2.45) is 0 Å². The zero-order chi connectivity index (χ0) is 24.0. The number of carbonyl (C=O) groups is 1. The van der Waals surface area contributed by atoms with E-state index in [1.165, 1.54) is 24.0 Å². The number of nitrogens with zero attached hydrogens (tertiary/aromatic N) is 5. The van der Waals surface area contributed by atoms with Crippen LogP contribution in [0.5, 0.6) is 0 Å². The summed E-state index contributed by atoms with van der Waals surface area (Å²) in [5.41, 5.74) is -3.00. The molecule has 33 heavy (non-hydrogen) atoms. The minimum absolute atomic E-state index is 0.129. The fourth-order valence-corrected chi connectivity index (χ4v) is 5.04. The number of aryl methyl sites for hydroxylation is 1. The normalized spacial score (nSPS) is 33.6. The predicted octanol–water partition coefficient (Wildman–Crippen LogP) is 1.36. The van der Waals surface area contributed by atoms with Crippen molar-refractivity contribution in [2.45, 2.75) is 57.2 Å². The van der Waals surface area contributed by atoms with Crippen LogP contribution in [0.4, 0.5) is 4.79 Å². The van der Waals surface area contributed by atoms with Crippen LogP contribution in [0.3, 0.4) is 0 Å². The van der Waals surface area contributed by atoms with Crippen molar-refractivity contribution in [1.29, 1.82) is 5.26 Å². The lowest BCUT2D eigenvalue weighted by Crippen LogP contribution is -2.53. The number of ether oxygens (including phenoxy) is 3. The number of hydrogen-bond donors (Lipinski definition) is 1. The SMILES string of the molecule is Cc1ncnn2c([C@]3(C#N)O[C@@H]4COP(=O)(OCOC(=O)OC(C)C)O[C@H]4[C@@]3(C)O)cnc12. The van der Waals surface area contributed by atoms with Crippen LogP contribution in [0.2, 0.25) is 0 Å². The highest BCUT2D eigenvalue weighted by molar-refractivity contribution is 7.48. The zero-order valence-corrected chi connectivity index (χ0v) is 19.1. The molecule has 14 nitrogen and oxygen atoms in total. The van der Waals surface area contributed by atoms with Crippen molar-refractivity contribution < 1.29 is 42.2 Å². The van der Waals surface area contributed by atoms with Gasteiger partial charge in [-0.05, 0) is 27.7 Å². The maximum Gasteiger partial charge on any atom is 0.510 e. The summed E-state index contributed by atoms with van der Waals surface area (Å²) in [5.74, 6) is 0. The lowest BCUT2D eigenvalue weighted by atomic mass is 9.80. The molecular weight excluding hydrogens is 461 g/mol. The van der Waals surface area contributed by atoms with E-state index in [0.29, 0.717) is 11.3 Å². The number of rotatable bonds is 5. The first-order valence-electron chi connectivity index (χ1n) is 9.91. The summed E-state index contributed by atoms with van der Waals surface area (Å²) < 4.78 is 45.3. The summed E-state index contributed by atoms with van der Waals surface area (Å²) in [4.78, 5) is 19.7. The van der Waals surface area contributed by atoms with Crippen molar-refractivity contribution in [3.63, 3.8) is 0 Å². The molecule has 2 aromatic heterocycles. The molecule has 0 radical (unpaired) electrons. The predicted molar refractivity (Wildman–Crippen MR) is 105 cm³/mol. The van der Waals surface area contributed by atoms with Crippen LogP contribution < -0.4 is 0 Å². The summed E-state index contributed by atoms with van der Waals surface area (Å²) in [6, 6.07) is 2.00. The van der Waals surface area contributed by atoms with Gasteiger partial charge in [0.25, 0.3) is 0 Å². The molecule has 0 aromatic carbocycles. The lowest BCUT2D eigenvalue weighted by Gasteiger charge is -2.36. The molecule has 0 amide bonds. The summed E-state index contributed by atoms with van der Waals surface area (Å²) in [5, 5.41) is 25.7. The number of fused-ring (bicyclic) bond motifs is 2. The quantitative estimate of drug-likeness (QED) is 0.367. The van der Waals surface area contributed by atoms with Crippen LogP contribution in [-0.2, 0) is 37.9 Å². The van der Waals surface area contributed by atoms with E-state index in [1.54, 1.807) is 20.8 Å². The van der Waals surface area contributed by atoms with Gasteiger partial charge >= 0.3 is 14.0 Å². The van der Waals surface area contributed by atoms with E-state index in [-0.39, 0.29) is 12.3 Å². The number of aliphatic hydroxyl groups is 1. The molecule has 0 aliphatic carbocycles. The molecule has 2 saturated heterocycles. The molecule has 0 saturated carbocycles. The summed E-state index contributed by atoms with van der Waals surface area (Å²) in [7, 11) is -4.28. The van der Waals surface area contributed by atoms with Crippen molar-refractivity contribution in [3.8, 4) is 6.07 Å². The van der Waals surface area contributed by atoms with E-state index in [9.17, 15) is 19.7 Å². The minimum Gasteiger partial charge on any atom is -0.432 e. The smallest absolute Gasteiger partial charge is 0.432 e. The molecule has 2 aliphatic rings. The first kappa shape index (κ1) is 23.5. The highest BCUT2D eigenvalue weighted by atomic mass is 31.2. The molecular formula is C18H22N5O9P. The maximum absolute atomic E-state index is 12.9. The van der Waals surface area contributed by atoms with Gasteiger partial charge in [-0.15, -0.1) is 0 Å². The third-order valence-corrected chi connectivity index (χ3v) is 6.66. The van der Waals surface area contributed by atoms with E-state index < -0.39 is 50.3 Å². The van der Waals surface area contributed by atoms with Gasteiger partial charge in [-0.2, -0.15) is 10.4 Å². The molecule has 0 bridgehead atoms. The van der Waals surface area contributed by atoms with Crippen LogP contribution in [0.25, 0.3) is 5.65 Å². The topological polar surface area (TPSA) is 177 Å². The van der Waals surface area contributed by atoms with Gasteiger partial charge in [0.15, 0.2) is 5.65 Å². The minimum atomic E-state index is -4.28. The van der Waals surface area contributed by atoms with E-state index >= 15 is 0 Å². The van der Waals surface area contributed by atoms with Crippen LogP contribution in [0.15, 0.2) is 12.5 Å². The Morgan fingerprint density at radius 2 is 2.24 bits per heavy atom. The van der Waals surface area contributed by atoms with Crippen LogP contribution >= 0.6 is 7.82 Å². The molecule has 4 rings (SSSR count). The largest absolute Gasteiger partial charge is 0.510 e. The van der Waals surface area contributed by atoms with Crippen LogP contribution in [0.1, 0.15) is 32.2 Å². The zero-order valence-electron chi connectivity index (χ0n) is 18.2. The molecule has 2 aromatic rings. The molecule has 178 valence electrons. The molecule has 0 spiro atoms. The highest BCUT2D eigenvalue weighted by Gasteiger charge is 2.69. The van der Waals surface area contributed by atoms with Gasteiger partial charge in [0.05, 0.1) is 24.6 Å². The van der Waals surface area contributed by atoms with Crippen molar-refractivity contribution >= 4 is 19.6 Å². The van der Waals surface area contributed by atoms with E-state index in [4.69, 9.17) is 23.0 Å². The Morgan fingerprint density at radius 3 is 2.94 bits per heavy atom. The van der Waals surface area contributed by atoms with Crippen molar-refractivity contribution in [3.05, 3.63) is 23.9 Å². The Hall–Kier alpha value is -2.66. The Morgan fingerprint density at radius 1 is 1.48 bits per heavy atom. The number of aromatic nitrogens is 4. The number of hydrogen-bond acceptors (Lipinski definition) is 13. The third kappa shape index (κ3) is 3.86. The molecule has 2 fully saturated rings. The monoisotopic (exact) mass is 483 g/mol. The maximum atomic E-state index is 12.9. The third-order valence-electron chi connectivity index (χ3n) is 5.29. The number of phosphoric ester groups is 1. The molecule has 1 unspecified atom stereocenters. The lowest BCUT2D eigenvalue weighted by molar-refractivity contribution is -0.105. The Labute approximate surface area is 187 Å². The van der Waals surface area contributed by atoms with Gasteiger partial charge in [0, 0.05) is 0 Å². The molecule has 15 heteroatoms. The summed E-state index contributed by atoms with van der Waals surface area (Å²) in [6.07, 6.45) is -1.11. The average molecular weight is 483 g/mol. The molecule has 2 aliphatic heterocycles.